The molecule has 2 aliphatic heterocycles. The number of amides is 3. The summed E-state index contributed by atoms with van der Waals surface area (Å²) in [7, 11) is 0. The van der Waals surface area contributed by atoms with Crippen molar-refractivity contribution in [3.63, 3.8) is 0 Å². The molecular weight excluding hydrogens is 480 g/mol. The van der Waals surface area contributed by atoms with E-state index < -0.39 is 6.10 Å². The van der Waals surface area contributed by atoms with Crippen molar-refractivity contribution in [1.29, 1.82) is 0 Å². The Kier molecular flexibility index (Phi) is 7.91. The second kappa shape index (κ2) is 11.7. The van der Waals surface area contributed by atoms with Crippen molar-refractivity contribution < 1.29 is 19.4 Å². The standard InChI is InChI=1S/C30H34N4O4/c1-2-31-30(37)32-25-10-8-21(9-11-25)23-18-24-20-34(29(36)28(35)22-6-4-3-5-7-22)13-12-26(24)27(19-23)33-14-16-38-17-15-33/h3-11,18-19,28,35H,2,12-17,20H2,1H3,(H2,31,32,37)/t28-/m1/s1. The number of morpholine rings is 1. The zero-order valence-electron chi connectivity index (χ0n) is 21.7. The highest BCUT2D eigenvalue weighted by Crippen LogP contribution is 2.36. The Bertz CT molecular complexity index is 1270. The summed E-state index contributed by atoms with van der Waals surface area (Å²) < 4.78 is 5.60. The molecule has 8 heteroatoms. The van der Waals surface area contributed by atoms with Gasteiger partial charge in [0.2, 0.25) is 0 Å². The minimum atomic E-state index is -1.18. The van der Waals surface area contributed by atoms with Crippen molar-refractivity contribution in [2.75, 3.05) is 49.6 Å². The smallest absolute Gasteiger partial charge is 0.319 e. The van der Waals surface area contributed by atoms with Crippen LogP contribution in [-0.4, -0.2) is 61.3 Å². The molecule has 0 aliphatic carbocycles. The Morgan fingerprint density at radius 1 is 0.974 bits per heavy atom. The summed E-state index contributed by atoms with van der Waals surface area (Å²) in [6.45, 7) is 6.46. The average molecular weight is 515 g/mol. The van der Waals surface area contributed by atoms with Crippen LogP contribution >= 0.6 is 0 Å². The summed E-state index contributed by atoms with van der Waals surface area (Å²) in [5, 5.41) is 16.3. The maximum Gasteiger partial charge on any atom is 0.319 e. The number of aliphatic hydroxyl groups excluding tert-OH is 1. The van der Waals surface area contributed by atoms with Crippen molar-refractivity contribution in [2.45, 2.75) is 26.0 Å². The average Bonchev–Trinajstić information content (AvgIpc) is 2.97. The van der Waals surface area contributed by atoms with Gasteiger partial charge in [-0.1, -0.05) is 42.5 Å². The molecule has 38 heavy (non-hydrogen) atoms. The van der Waals surface area contributed by atoms with Crippen molar-refractivity contribution in [3.05, 3.63) is 83.4 Å². The predicted octanol–water partition coefficient (Wildman–Crippen LogP) is 3.95. The van der Waals surface area contributed by atoms with E-state index in [1.165, 1.54) is 11.3 Å². The Morgan fingerprint density at radius 2 is 1.71 bits per heavy atom. The first kappa shape index (κ1) is 25.8. The molecule has 3 N–H and O–H groups in total. The van der Waals surface area contributed by atoms with Gasteiger partial charge in [0.15, 0.2) is 6.10 Å². The number of hydrogen-bond acceptors (Lipinski definition) is 5. The number of aliphatic hydroxyl groups is 1. The van der Waals surface area contributed by atoms with Crippen LogP contribution in [0.15, 0.2) is 66.7 Å². The highest BCUT2D eigenvalue weighted by atomic mass is 16.5. The zero-order valence-corrected chi connectivity index (χ0v) is 21.7. The van der Waals surface area contributed by atoms with Crippen LogP contribution in [0.25, 0.3) is 11.1 Å². The first-order valence-electron chi connectivity index (χ1n) is 13.2. The summed E-state index contributed by atoms with van der Waals surface area (Å²) >= 11 is 0. The first-order chi connectivity index (χ1) is 18.5. The highest BCUT2D eigenvalue weighted by Gasteiger charge is 2.29. The van der Waals surface area contributed by atoms with E-state index in [1.807, 2.05) is 49.4 Å². The molecule has 2 heterocycles. The zero-order chi connectivity index (χ0) is 26.5. The lowest BCUT2D eigenvalue weighted by Gasteiger charge is -2.36. The molecule has 3 aromatic rings. The van der Waals surface area contributed by atoms with Gasteiger partial charge in [-0.2, -0.15) is 0 Å². The Balaban J connectivity index is 1.44. The lowest BCUT2D eigenvalue weighted by atomic mass is 9.91. The van der Waals surface area contributed by atoms with Crippen LogP contribution in [0, 0.1) is 0 Å². The number of fused-ring (bicyclic) bond motifs is 1. The number of carbonyl (C=O) groups is 2. The van der Waals surface area contributed by atoms with Crippen LogP contribution in [0.4, 0.5) is 16.2 Å². The summed E-state index contributed by atoms with van der Waals surface area (Å²) in [6.07, 6.45) is -0.449. The van der Waals surface area contributed by atoms with E-state index in [-0.39, 0.29) is 11.9 Å². The topological polar surface area (TPSA) is 94.1 Å². The van der Waals surface area contributed by atoms with E-state index in [0.29, 0.717) is 38.4 Å². The molecule has 3 aromatic carbocycles. The third-order valence-corrected chi connectivity index (χ3v) is 7.14. The predicted molar refractivity (Wildman–Crippen MR) is 148 cm³/mol. The molecule has 2 aliphatic rings. The molecule has 8 nitrogen and oxygen atoms in total. The Labute approximate surface area is 223 Å². The molecule has 5 rings (SSSR count). The number of urea groups is 1. The van der Waals surface area contributed by atoms with Crippen molar-refractivity contribution in [1.82, 2.24) is 10.2 Å². The summed E-state index contributed by atoms with van der Waals surface area (Å²) in [5.74, 6) is -0.277. The molecule has 198 valence electrons. The Morgan fingerprint density at radius 3 is 2.42 bits per heavy atom. The van der Waals surface area contributed by atoms with Gasteiger partial charge in [-0.25, -0.2) is 4.79 Å². The van der Waals surface area contributed by atoms with Gasteiger partial charge in [0.25, 0.3) is 5.91 Å². The maximum atomic E-state index is 13.2. The molecule has 0 bridgehead atoms. The van der Waals surface area contributed by atoms with Gasteiger partial charge < -0.3 is 30.3 Å². The van der Waals surface area contributed by atoms with Crippen LogP contribution in [-0.2, 0) is 22.5 Å². The fraction of sp³-hybridized carbons (Fsp3) is 0.333. The van der Waals surface area contributed by atoms with Crippen molar-refractivity contribution in [2.24, 2.45) is 0 Å². The van der Waals surface area contributed by atoms with Gasteiger partial charge in [-0.15, -0.1) is 0 Å². The van der Waals surface area contributed by atoms with Gasteiger partial charge in [-0.3, -0.25) is 4.79 Å². The van der Waals surface area contributed by atoms with Crippen LogP contribution in [0.5, 0.6) is 0 Å². The highest BCUT2D eigenvalue weighted by molar-refractivity contribution is 5.89. The van der Waals surface area contributed by atoms with E-state index in [1.54, 1.807) is 17.0 Å². The quantitative estimate of drug-likeness (QED) is 0.463. The van der Waals surface area contributed by atoms with E-state index in [2.05, 4.69) is 27.7 Å². The van der Waals surface area contributed by atoms with Crippen molar-refractivity contribution >= 4 is 23.3 Å². The monoisotopic (exact) mass is 514 g/mol. The molecule has 0 aromatic heterocycles. The summed E-state index contributed by atoms with van der Waals surface area (Å²) in [5.41, 5.74) is 6.92. The van der Waals surface area contributed by atoms with Gasteiger partial charge in [0, 0.05) is 44.1 Å². The molecular formula is C30H34N4O4. The minimum absolute atomic E-state index is 0.230. The molecule has 0 spiro atoms. The molecule has 1 saturated heterocycles. The number of ether oxygens (including phenoxy) is 1. The lowest BCUT2D eigenvalue weighted by Crippen LogP contribution is -2.41. The molecule has 0 radical (unpaired) electrons. The number of benzene rings is 3. The van der Waals surface area contributed by atoms with E-state index in [0.717, 1.165) is 41.9 Å². The summed E-state index contributed by atoms with van der Waals surface area (Å²) in [4.78, 5) is 29.2. The van der Waals surface area contributed by atoms with Crippen LogP contribution in [0.1, 0.15) is 29.7 Å². The number of rotatable bonds is 6. The molecule has 0 saturated carbocycles. The van der Waals surface area contributed by atoms with Gasteiger partial charge in [0.05, 0.1) is 13.2 Å². The number of nitrogens with zero attached hydrogens (tertiary/aromatic N) is 2. The van der Waals surface area contributed by atoms with E-state index in [9.17, 15) is 14.7 Å². The van der Waals surface area contributed by atoms with Gasteiger partial charge >= 0.3 is 6.03 Å². The van der Waals surface area contributed by atoms with Crippen molar-refractivity contribution in [3.8, 4) is 11.1 Å². The first-order valence-corrected chi connectivity index (χ1v) is 13.2. The van der Waals surface area contributed by atoms with Gasteiger partial charge in [0.1, 0.15) is 0 Å². The second-order valence-electron chi connectivity index (χ2n) is 9.62. The lowest BCUT2D eigenvalue weighted by molar-refractivity contribution is -0.141. The van der Waals surface area contributed by atoms with E-state index in [4.69, 9.17) is 4.74 Å². The number of carbonyl (C=O) groups excluding carboxylic acids is 2. The molecule has 1 fully saturated rings. The molecule has 0 unspecified atom stereocenters. The SMILES string of the molecule is CCNC(=O)Nc1ccc(-c2cc3c(c(N4CCOCC4)c2)CCN(C(=O)[C@H](O)c2ccccc2)C3)cc1. The largest absolute Gasteiger partial charge is 0.378 e. The number of hydrogen-bond donors (Lipinski definition) is 3. The minimum Gasteiger partial charge on any atom is -0.378 e. The fourth-order valence-corrected chi connectivity index (χ4v) is 5.15. The third-order valence-electron chi connectivity index (χ3n) is 7.14. The fourth-order valence-electron chi connectivity index (χ4n) is 5.15. The Hall–Kier alpha value is -3.88. The number of nitrogens with one attached hydrogen (secondary N) is 2. The second-order valence-corrected chi connectivity index (χ2v) is 9.62. The third kappa shape index (κ3) is 5.66. The number of anilines is 2. The van der Waals surface area contributed by atoms with Crippen LogP contribution in [0.2, 0.25) is 0 Å². The van der Waals surface area contributed by atoms with Crippen LogP contribution in [0.3, 0.4) is 0 Å². The molecule has 1 atom stereocenters. The maximum absolute atomic E-state index is 13.2. The normalized spacial score (nSPS) is 15.9. The summed E-state index contributed by atoms with van der Waals surface area (Å²) in [6, 6.07) is 21.0. The van der Waals surface area contributed by atoms with E-state index >= 15 is 0 Å². The van der Waals surface area contributed by atoms with Crippen LogP contribution < -0.4 is 15.5 Å². The molecule has 3 amide bonds. The van der Waals surface area contributed by atoms with Gasteiger partial charge in [-0.05, 0) is 65.4 Å².